The van der Waals surface area contributed by atoms with E-state index >= 15 is 0 Å². The molecule has 0 bridgehead atoms. The SMILES string of the molecule is COc1ccn2c(=O)c(CC(C)C)c(Cl)nc2c1. The van der Waals surface area contributed by atoms with E-state index in [0.29, 0.717) is 29.3 Å². The molecule has 5 heteroatoms. The minimum Gasteiger partial charge on any atom is -0.497 e. The monoisotopic (exact) mass is 266 g/mol. The molecule has 0 aliphatic heterocycles. The van der Waals surface area contributed by atoms with Gasteiger partial charge in [0.15, 0.2) is 0 Å². The average Bonchev–Trinajstić information content (AvgIpc) is 2.33. The zero-order valence-electron chi connectivity index (χ0n) is 10.6. The quantitative estimate of drug-likeness (QED) is 0.802. The van der Waals surface area contributed by atoms with Crippen LogP contribution in [0.15, 0.2) is 23.1 Å². The van der Waals surface area contributed by atoms with Crippen LogP contribution in [-0.4, -0.2) is 16.5 Å². The first-order chi connectivity index (χ1) is 8.52. The fourth-order valence-electron chi connectivity index (χ4n) is 1.84. The van der Waals surface area contributed by atoms with E-state index in [1.165, 1.54) is 4.40 Å². The maximum atomic E-state index is 12.3. The molecule has 0 fully saturated rings. The van der Waals surface area contributed by atoms with Gasteiger partial charge >= 0.3 is 0 Å². The number of halogens is 1. The van der Waals surface area contributed by atoms with Gasteiger partial charge in [0, 0.05) is 12.3 Å². The first-order valence-electron chi connectivity index (χ1n) is 5.77. The van der Waals surface area contributed by atoms with Crippen molar-refractivity contribution in [3.05, 3.63) is 39.4 Å². The van der Waals surface area contributed by atoms with Gasteiger partial charge in [0.05, 0.1) is 12.7 Å². The minimum atomic E-state index is -0.110. The van der Waals surface area contributed by atoms with Crippen LogP contribution in [0.5, 0.6) is 5.75 Å². The van der Waals surface area contributed by atoms with E-state index in [-0.39, 0.29) is 10.7 Å². The fourth-order valence-corrected chi connectivity index (χ4v) is 2.08. The number of ether oxygens (including phenoxy) is 1. The van der Waals surface area contributed by atoms with Crippen molar-refractivity contribution in [2.45, 2.75) is 20.3 Å². The molecular weight excluding hydrogens is 252 g/mol. The van der Waals surface area contributed by atoms with Gasteiger partial charge in [-0.15, -0.1) is 0 Å². The van der Waals surface area contributed by atoms with Gasteiger partial charge in [-0.3, -0.25) is 9.20 Å². The van der Waals surface area contributed by atoms with Crippen LogP contribution in [-0.2, 0) is 6.42 Å². The van der Waals surface area contributed by atoms with Crippen LogP contribution in [0.25, 0.3) is 5.65 Å². The number of rotatable bonds is 3. The Balaban J connectivity index is 2.67. The van der Waals surface area contributed by atoms with Crippen LogP contribution in [0.4, 0.5) is 0 Å². The Hall–Kier alpha value is -1.55. The molecule has 96 valence electrons. The Morgan fingerprint density at radius 2 is 2.22 bits per heavy atom. The third kappa shape index (κ3) is 2.34. The third-order valence-corrected chi connectivity index (χ3v) is 3.01. The van der Waals surface area contributed by atoms with Crippen LogP contribution in [0, 0.1) is 5.92 Å². The molecule has 0 aliphatic rings. The van der Waals surface area contributed by atoms with Gasteiger partial charge in [0.25, 0.3) is 5.56 Å². The van der Waals surface area contributed by atoms with Gasteiger partial charge in [-0.2, -0.15) is 0 Å². The highest BCUT2D eigenvalue weighted by atomic mass is 35.5. The highest BCUT2D eigenvalue weighted by Gasteiger charge is 2.12. The summed E-state index contributed by atoms with van der Waals surface area (Å²) in [4.78, 5) is 16.5. The third-order valence-electron chi connectivity index (χ3n) is 2.69. The Kier molecular flexibility index (Phi) is 3.57. The molecule has 2 heterocycles. The van der Waals surface area contributed by atoms with Crippen molar-refractivity contribution in [1.82, 2.24) is 9.38 Å². The number of methoxy groups -OCH3 is 1. The van der Waals surface area contributed by atoms with Crippen molar-refractivity contribution in [2.75, 3.05) is 7.11 Å². The number of fused-ring (bicyclic) bond motifs is 1. The standard InChI is InChI=1S/C13H15ClN2O2/c1-8(2)6-10-12(14)15-11-7-9(18-3)4-5-16(11)13(10)17/h4-5,7-8H,6H2,1-3H3. The summed E-state index contributed by atoms with van der Waals surface area (Å²) in [6.45, 7) is 4.08. The Bertz CT molecular complexity index is 635. The Morgan fingerprint density at radius 1 is 1.50 bits per heavy atom. The predicted octanol–water partition coefficient (Wildman–Crippen LogP) is 2.56. The summed E-state index contributed by atoms with van der Waals surface area (Å²) in [5, 5.41) is 0.280. The van der Waals surface area contributed by atoms with Crippen molar-refractivity contribution in [1.29, 1.82) is 0 Å². The van der Waals surface area contributed by atoms with Crippen molar-refractivity contribution >= 4 is 17.2 Å². The fraction of sp³-hybridized carbons (Fsp3) is 0.385. The van der Waals surface area contributed by atoms with Crippen molar-refractivity contribution in [3.63, 3.8) is 0 Å². The van der Waals surface area contributed by atoms with E-state index in [2.05, 4.69) is 4.98 Å². The highest BCUT2D eigenvalue weighted by molar-refractivity contribution is 6.30. The lowest BCUT2D eigenvalue weighted by atomic mass is 10.1. The lowest BCUT2D eigenvalue weighted by Gasteiger charge is -2.09. The van der Waals surface area contributed by atoms with E-state index in [1.54, 1.807) is 25.4 Å². The molecule has 4 nitrogen and oxygen atoms in total. The van der Waals surface area contributed by atoms with Crippen LogP contribution >= 0.6 is 11.6 Å². The molecule has 2 rings (SSSR count). The van der Waals surface area contributed by atoms with Gasteiger partial charge in [-0.25, -0.2) is 4.98 Å². The summed E-state index contributed by atoms with van der Waals surface area (Å²) in [5.74, 6) is 1.00. The second-order valence-electron chi connectivity index (χ2n) is 4.58. The van der Waals surface area contributed by atoms with Crippen molar-refractivity contribution in [3.8, 4) is 5.75 Å². The van der Waals surface area contributed by atoms with E-state index in [1.807, 2.05) is 13.8 Å². The van der Waals surface area contributed by atoms with Crippen LogP contribution < -0.4 is 10.3 Å². The van der Waals surface area contributed by atoms with E-state index in [0.717, 1.165) is 0 Å². The number of aromatic nitrogens is 2. The molecule has 0 saturated carbocycles. The molecule has 0 aliphatic carbocycles. The van der Waals surface area contributed by atoms with Gasteiger partial charge < -0.3 is 4.74 Å². The van der Waals surface area contributed by atoms with Crippen molar-refractivity contribution in [2.24, 2.45) is 5.92 Å². The van der Waals surface area contributed by atoms with Gasteiger partial charge in [0.2, 0.25) is 0 Å². The van der Waals surface area contributed by atoms with Gasteiger partial charge in [0.1, 0.15) is 16.5 Å². The Morgan fingerprint density at radius 3 is 2.83 bits per heavy atom. The van der Waals surface area contributed by atoms with E-state index < -0.39 is 0 Å². The van der Waals surface area contributed by atoms with Crippen molar-refractivity contribution < 1.29 is 4.74 Å². The number of hydrogen-bond donors (Lipinski definition) is 0. The van der Waals surface area contributed by atoms with Crippen LogP contribution in [0.2, 0.25) is 5.15 Å². The topological polar surface area (TPSA) is 43.6 Å². The Labute approximate surface area is 110 Å². The van der Waals surface area contributed by atoms with Crippen LogP contribution in [0.1, 0.15) is 19.4 Å². The van der Waals surface area contributed by atoms with E-state index in [4.69, 9.17) is 16.3 Å². The summed E-state index contributed by atoms with van der Waals surface area (Å²) >= 11 is 6.08. The molecule has 0 radical (unpaired) electrons. The number of pyridine rings is 1. The second-order valence-corrected chi connectivity index (χ2v) is 4.94. The van der Waals surface area contributed by atoms with Gasteiger partial charge in [-0.1, -0.05) is 25.4 Å². The minimum absolute atomic E-state index is 0.110. The largest absolute Gasteiger partial charge is 0.497 e. The molecule has 0 unspecified atom stereocenters. The summed E-state index contributed by atoms with van der Waals surface area (Å²) in [6.07, 6.45) is 2.28. The molecule has 0 saturated heterocycles. The highest BCUT2D eigenvalue weighted by Crippen LogP contribution is 2.17. The number of nitrogens with zero attached hydrogens (tertiary/aromatic N) is 2. The summed E-state index contributed by atoms with van der Waals surface area (Å²) in [7, 11) is 1.57. The first kappa shape index (κ1) is 12.9. The molecule has 0 N–H and O–H groups in total. The zero-order chi connectivity index (χ0) is 13.3. The molecule has 0 spiro atoms. The zero-order valence-corrected chi connectivity index (χ0v) is 11.4. The molecule has 2 aromatic heterocycles. The van der Waals surface area contributed by atoms with Gasteiger partial charge in [-0.05, 0) is 18.4 Å². The van der Waals surface area contributed by atoms with Crippen LogP contribution in [0.3, 0.4) is 0 Å². The summed E-state index contributed by atoms with van der Waals surface area (Å²) in [6, 6.07) is 3.41. The normalized spacial score (nSPS) is 11.2. The maximum absolute atomic E-state index is 12.3. The molecule has 18 heavy (non-hydrogen) atoms. The molecule has 0 aromatic carbocycles. The second kappa shape index (κ2) is 4.98. The first-order valence-corrected chi connectivity index (χ1v) is 6.15. The molecule has 2 aromatic rings. The molecule has 0 amide bonds. The van der Waals surface area contributed by atoms with E-state index in [9.17, 15) is 4.79 Å². The number of hydrogen-bond acceptors (Lipinski definition) is 3. The molecule has 0 atom stereocenters. The summed E-state index contributed by atoms with van der Waals surface area (Å²) in [5.41, 5.74) is 0.951. The predicted molar refractivity (Wildman–Crippen MR) is 71.6 cm³/mol. The average molecular weight is 267 g/mol. The smallest absolute Gasteiger partial charge is 0.262 e. The summed E-state index contributed by atoms with van der Waals surface area (Å²) < 4.78 is 6.59. The molecular formula is C13H15ClN2O2. The lowest BCUT2D eigenvalue weighted by Crippen LogP contribution is -2.21. The lowest BCUT2D eigenvalue weighted by molar-refractivity contribution is 0.414. The maximum Gasteiger partial charge on any atom is 0.262 e.